The molecule has 3 heterocycles. The molecule has 28 heavy (non-hydrogen) atoms. The van der Waals surface area contributed by atoms with Crippen molar-refractivity contribution in [3.8, 4) is 17.3 Å². The van der Waals surface area contributed by atoms with Gasteiger partial charge in [-0.3, -0.25) is 14.3 Å². The van der Waals surface area contributed by atoms with E-state index >= 15 is 0 Å². The molecule has 0 bridgehead atoms. The lowest BCUT2D eigenvalue weighted by molar-refractivity contribution is 0.0390. The summed E-state index contributed by atoms with van der Waals surface area (Å²) in [4.78, 5) is 23.4. The molecule has 0 aliphatic carbocycles. The van der Waals surface area contributed by atoms with Crippen molar-refractivity contribution in [2.24, 2.45) is 7.05 Å². The first-order valence-corrected chi connectivity index (χ1v) is 9.01. The summed E-state index contributed by atoms with van der Waals surface area (Å²) in [5.74, 6) is 0.612. The van der Waals surface area contributed by atoms with Crippen LogP contribution in [-0.2, 0) is 11.8 Å². The number of hydrogen-bond acceptors (Lipinski definition) is 6. The minimum atomic E-state index is -0.150. The molecule has 0 radical (unpaired) electrons. The van der Waals surface area contributed by atoms with Gasteiger partial charge in [-0.25, -0.2) is 4.98 Å². The smallest absolute Gasteiger partial charge is 0.255 e. The first-order chi connectivity index (χ1) is 13.7. The van der Waals surface area contributed by atoms with E-state index in [4.69, 9.17) is 15.0 Å². The van der Waals surface area contributed by atoms with Crippen LogP contribution in [0.2, 0.25) is 0 Å². The Bertz CT molecular complexity index is 1070. The number of rotatable bonds is 3. The Balaban J connectivity index is 1.65. The van der Waals surface area contributed by atoms with E-state index in [2.05, 4.69) is 16.0 Å². The fourth-order valence-electron chi connectivity index (χ4n) is 3.29. The molecular weight excluding hydrogens is 354 g/mol. The van der Waals surface area contributed by atoms with Crippen LogP contribution in [0, 0.1) is 11.3 Å². The molecule has 7 heteroatoms. The zero-order valence-corrected chi connectivity index (χ0v) is 15.4. The van der Waals surface area contributed by atoms with Gasteiger partial charge in [0.25, 0.3) is 5.56 Å². The number of pyridine rings is 1. The van der Waals surface area contributed by atoms with Gasteiger partial charge in [-0.15, -0.1) is 0 Å². The Labute approximate surface area is 162 Å². The largest absolute Gasteiger partial charge is 0.370 e. The standard InChI is InChI=1S/C21H19N5O2/c1-25-20(27)12-18(16-6-8-23-9-7-16)24-21(25)26-10-11-28-19(14-26)17-4-2-15(13-22)3-5-17/h2-9,12,19H,10-11,14H2,1H3. The summed E-state index contributed by atoms with van der Waals surface area (Å²) in [6.07, 6.45) is 3.22. The summed E-state index contributed by atoms with van der Waals surface area (Å²) in [5, 5.41) is 8.97. The van der Waals surface area contributed by atoms with Gasteiger partial charge in [-0.05, 0) is 29.8 Å². The van der Waals surface area contributed by atoms with Gasteiger partial charge in [0.1, 0.15) is 6.10 Å². The van der Waals surface area contributed by atoms with Crippen molar-refractivity contribution in [3.05, 3.63) is 76.3 Å². The van der Waals surface area contributed by atoms with Crippen LogP contribution in [0.4, 0.5) is 5.95 Å². The van der Waals surface area contributed by atoms with E-state index in [-0.39, 0.29) is 11.7 Å². The Morgan fingerprint density at radius 2 is 1.93 bits per heavy atom. The van der Waals surface area contributed by atoms with E-state index in [1.54, 1.807) is 36.1 Å². The molecule has 1 atom stereocenters. The third-order valence-corrected chi connectivity index (χ3v) is 4.85. The number of nitriles is 1. The lowest BCUT2D eigenvalue weighted by Gasteiger charge is -2.34. The van der Waals surface area contributed by atoms with E-state index in [9.17, 15) is 4.79 Å². The number of morpholine rings is 1. The predicted octanol–water partition coefficient (Wildman–Crippen LogP) is 2.29. The average molecular weight is 373 g/mol. The zero-order chi connectivity index (χ0) is 19.5. The molecule has 140 valence electrons. The SMILES string of the molecule is Cn1c(N2CCOC(c3ccc(C#N)cc3)C2)nc(-c2ccncc2)cc1=O. The second-order valence-electron chi connectivity index (χ2n) is 6.61. The normalized spacial score (nSPS) is 16.6. The number of hydrogen-bond donors (Lipinski definition) is 0. The van der Waals surface area contributed by atoms with E-state index in [1.807, 2.05) is 24.3 Å². The minimum absolute atomic E-state index is 0.113. The lowest BCUT2D eigenvalue weighted by atomic mass is 10.1. The van der Waals surface area contributed by atoms with Crippen molar-refractivity contribution in [3.63, 3.8) is 0 Å². The van der Waals surface area contributed by atoms with Gasteiger partial charge in [0, 0.05) is 37.6 Å². The van der Waals surface area contributed by atoms with Gasteiger partial charge >= 0.3 is 0 Å². The van der Waals surface area contributed by atoms with Crippen molar-refractivity contribution in [1.82, 2.24) is 14.5 Å². The number of anilines is 1. The highest BCUT2D eigenvalue weighted by Gasteiger charge is 2.25. The lowest BCUT2D eigenvalue weighted by Crippen LogP contribution is -2.41. The molecular formula is C21H19N5O2. The van der Waals surface area contributed by atoms with E-state index < -0.39 is 0 Å². The van der Waals surface area contributed by atoms with Crippen LogP contribution in [0.1, 0.15) is 17.2 Å². The highest BCUT2D eigenvalue weighted by atomic mass is 16.5. The molecule has 0 spiro atoms. The molecule has 1 fully saturated rings. The molecule has 1 aliphatic rings. The quantitative estimate of drug-likeness (QED) is 0.700. The third-order valence-electron chi connectivity index (χ3n) is 4.85. The fourth-order valence-corrected chi connectivity index (χ4v) is 3.29. The van der Waals surface area contributed by atoms with Gasteiger partial charge in [-0.2, -0.15) is 5.26 Å². The van der Waals surface area contributed by atoms with Gasteiger partial charge in [0.2, 0.25) is 5.95 Å². The van der Waals surface area contributed by atoms with Crippen molar-refractivity contribution in [2.75, 3.05) is 24.6 Å². The number of ether oxygens (including phenoxy) is 1. The Kier molecular flexibility index (Phi) is 4.87. The second kappa shape index (κ2) is 7.62. The third kappa shape index (κ3) is 3.50. The first-order valence-electron chi connectivity index (χ1n) is 9.01. The maximum absolute atomic E-state index is 12.5. The topological polar surface area (TPSA) is 84.0 Å². The first kappa shape index (κ1) is 17.9. The average Bonchev–Trinajstić information content (AvgIpc) is 2.76. The second-order valence-corrected chi connectivity index (χ2v) is 6.61. The van der Waals surface area contributed by atoms with Crippen molar-refractivity contribution < 1.29 is 4.74 Å². The summed E-state index contributed by atoms with van der Waals surface area (Å²) in [6.45, 7) is 1.75. The van der Waals surface area contributed by atoms with Gasteiger partial charge in [0.15, 0.2) is 0 Å². The van der Waals surface area contributed by atoms with Crippen molar-refractivity contribution in [2.45, 2.75) is 6.10 Å². The van der Waals surface area contributed by atoms with Crippen LogP contribution in [0.3, 0.4) is 0 Å². The molecule has 1 unspecified atom stereocenters. The molecule has 7 nitrogen and oxygen atoms in total. The summed E-state index contributed by atoms with van der Waals surface area (Å²) < 4.78 is 7.49. The molecule has 0 saturated carbocycles. The monoisotopic (exact) mass is 373 g/mol. The van der Waals surface area contributed by atoms with E-state index in [1.165, 1.54) is 6.07 Å². The van der Waals surface area contributed by atoms with Crippen molar-refractivity contribution in [1.29, 1.82) is 5.26 Å². The molecule has 4 rings (SSSR count). The van der Waals surface area contributed by atoms with Gasteiger partial charge in [0.05, 0.1) is 30.5 Å². The molecule has 1 aliphatic heterocycles. The van der Waals surface area contributed by atoms with Gasteiger partial charge in [-0.1, -0.05) is 12.1 Å². The number of benzene rings is 1. The van der Waals surface area contributed by atoms with Gasteiger partial charge < -0.3 is 9.64 Å². The number of nitrogens with zero attached hydrogens (tertiary/aromatic N) is 5. The molecule has 1 aromatic carbocycles. The van der Waals surface area contributed by atoms with Crippen LogP contribution in [0.25, 0.3) is 11.3 Å². The minimum Gasteiger partial charge on any atom is -0.370 e. The summed E-state index contributed by atoms with van der Waals surface area (Å²) in [5.41, 5.74) is 2.98. The van der Waals surface area contributed by atoms with Crippen LogP contribution in [-0.4, -0.2) is 34.2 Å². The highest BCUT2D eigenvalue weighted by molar-refractivity contribution is 5.59. The van der Waals surface area contributed by atoms with E-state index in [0.717, 1.165) is 11.1 Å². The predicted molar refractivity (Wildman–Crippen MR) is 105 cm³/mol. The van der Waals surface area contributed by atoms with Crippen molar-refractivity contribution >= 4 is 5.95 Å². The number of aromatic nitrogens is 3. The Morgan fingerprint density at radius 1 is 1.18 bits per heavy atom. The van der Waals surface area contributed by atoms with Crippen LogP contribution >= 0.6 is 0 Å². The Hall–Kier alpha value is -3.50. The van der Waals surface area contributed by atoms with Crippen LogP contribution in [0.15, 0.2) is 59.7 Å². The Morgan fingerprint density at radius 3 is 2.64 bits per heavy atom. The van der Waals surface area contributed by atoms with E-state index in [0.29, 0.717) is 36.9 Å². The fraction of sp³-hybridized carbons (Fsp3) is 0.238. The highest BCUT2D eigenvalue weighted by Crippen LogP contribution is 2.26. The zero-order valence-electron chi connectivity index (χ0n) is 15.4. The summed E-state index contributed by atoms with van der Waals surface area (Å²) in [7, 11) is 1.73. The molecule has 3 aromatic rings. The summed E-state index contributed by atoms with van der Waals surface area (Å²) in [6, 6.07) is 14.7. The molecule has 0 amide bonds. The molecule has 0 N–H and O–H groups in total. The maximum Gasteiger partial charge on any atom is 0.255 e. The molecule has 1 saturated heterocycles. The molecule has 2 aromatic heterocycles. The summed E-state index contributed by atoms with van der Waals surface area (Å²) >= 11 is 0. The van der Waals surface area contributed by atoms with Crippen LogP contribution in [0.5, 0.6) is 0 Å². The maximum atomic E-state index is 12.5. The van der Waals surface area contributed by atoms with Crippen LogP contribution < -0.4 is 10.5 Å².